The van der Waals surface area contributed by atoms with Crippen LogP contribution in [-0.2, 0) is 0 Å². The van der Waals surface area contributed by atoms with Gasteiger partial charge in [0.2, 0.25) is 0 Å². The summed E-state index contributed by atoms with van der Waals surface area (Å²) in [7, 11) is 1.41. The zero-order chi connectivity index (χ0) is 16.1. The summed E-state index contributed by atoms with van der Waals surface area (Å²) in [5.41, 5.74) is 2.86. The number of aromatic hydroxyl groups is 2. The van der Waals surface area contributed by atoms with Crippen LogP contribution in [0.1, 0.15) is 15.9 Å². The molecule has 1 amide bonds. The highest BCUT2D eigenvalue weighted by atomic mass is 35.5. The van der Waals surface area contributed by atoms with Crippen LogP contribution in [0.3, 0.4) is 0 Å². The third-order valence-electron chi connectivity index (χ3n) is 2.80. The lowest BCUT2D eigenvalue weighted by atomic mass is 10.2. The summed E-state index contributed by atoms with van der Waals surface area (Å²) in [6, 6.07) is 8.68. The number of rotatable bonds is 4. The number of nitrogens with zero attached hydrogens (tertiary/aromatic N) is 1. The van der Waals surface area contributed by atoms with Crippen molar-refractivity contribution >= 4 is 23.7 Å². The SMILES string of the molecule is COc1ccc(C(=O)NN=Cc2cc(Cl)ccc2O)cc1O. The minimum atomic E-state index is -0.518. The maximum Gasteiger partial charge on any atom is 0.271 e. The van der Waals surface area contributed by atoms with Crippen molar-refractivity contribution in [2.45, 2.75) is 0 Å². The second kappa shape index (κ2) is 6.82. The number of ether oxygens (including phenoxy) is 1. The van der Waals surface area contributed by atoms with Gasteiger partial charge in [-0.15, -0.1) is 0 Å². The largest absolute Gasteiger partial charge is 0.507 e. The molecule has 0 aliphatic carbocycles. The molecule has 3 N–H and O–H groups in total. The molecular weight excluding hydrogens is 308 g/mol. The van der Waals surface area contributed by atoms with Crippen LogP contribution in [-0.4, -0.2) is 29.4 Å². The minimum Gasteiger partial charge on any atom is -0.507 e. The Morgan fingerprint density at radius 3 is 2.68 bits per heavy atom. The summed E-state index contributed by atoms with van der Waals surface area (Å²) < 4.78 is 4.89. The monoisotopic (exact) mass is 320 g/mol. The lowest BCUT2D eigenvalue weighted by molar-refractivity contribution is 0.0954. The first kappa shape index (κ1) is 15.7. The van der Waals surface area contributed by atoms with Crippen molar-refractivity contribution in [3.63, 3.8) is 0 Å². The Bertz CT molecular complexity index is 731. The first-order valence-electron chi connectivity index (χ1n) is 6.20. The smallest absolute Gasteiger partial charge is 0.271 e. The molecule has 0 aromatic heterocycles. The van der Waals surface area contributed by atoms with E-state index >= 15 is 0 Å². The quantitative estimate of drug-likeness (QED) is 0.596. The number of carbonyl (C=O) groups excluding carboxylic acids is 1. The van der Waals surface area contributed by atoms with E-state index in [0.717, 1.165) is 0 Å². The van der Waals surface area contributed by atoms with E-state index in [1.807, 2.05) is 0 Å². The van der Waals surface area contributed by atoms with Crippen LogP contribution in [0.25, 0.3) is 0 Å². The van der Waals surface area contributed by atoms with E-state index in [1.165, 1.54) is 49.7 Å². The molecule has 0 fully saturated rings. The van der Waals surface area contributed by atoms with Crippen LogP contribution in [0.5, 0.6) is 17.2 Å². The molecule has 2 aromatic rings. The number of methoxy groups -OCH3 is 1. The zero-order valence-corrected chi connectivity index (χ0v) is 12.3. The van der Waals surface area contributed by atoms with E-state index in [-0.39, 0.29) is 22.8 Å². The van der Waals surface area contributed by atoms with Gasteiger partial charge in [-0.2, -0.15) is 5.10 Å². The standard InChI is InChI=1S/C15H13ClN2O4/c1-22-14-5-2-9(7-13(14)20)15(21)18-17-8-10-6-11(16)3-4-12(10)19/h2-8,19-20H,1H3,(H,18,21). The molecule has 0 saturated carbocycles. The second-order valence-corrected chi connectivity index (χ2v) is 4.73. The summed E-state index contributed by atoms with van der Waals surface area (Å²) in [5, 5.41) is 23.4. The highest BCUT2D eigenvalue weighted by Crippen LogP contribution is 2.26. The molecule has 22 heavy (non-hydrogen) atoms. The van der Waals surface area contributed by atoms with E-state index in [2.05, 4.69) is 10.5 Å². The number of halogens is 1. The predicted octanol–water partition coefficient (Wildman–Crippen LogP) is 2.52. The van der Waals surface area contributed by atoms with Crippen LogP contribution in [0.4, 0.5) is 0 Å². The Balaban J connectivity index is 2.08. The van der Waals surface area contributed by atoms with Crippen LogP contribution in [0.2, 0.25) is 5.02 Å². The molecule has 0 radical (unpaired) electrons. The van der Waals surface area contributed by atoms with Crippen molar-refractivity contribution in [2.24, 2.45) is 5.10 Å². The zero-order valence-electron chi connectivity index (χ0n) is 11.6. The predicted molar refractivity (Wildman–Crippen MR) is 82.8 cm³/mol. The molecule has 0 unspecified atom stereocenters. The maximum absolute atomic E-state index is 11.9. The Kier molecular flexibility index (Phi) is 4.85. The van der Waals surface area contributed by atoms with Crippen molar-refractivity contribution in [3.05, 3.63) is 52.5 Å². The summed E-state index contributed by atoms with van der Waals surface area (Å²) in [6.45, 7) is 0. The lowest BCUT2D eigenvalue weighted by Crippen LogP contribution is -2.17. The van der Waals surface area contributed by atoms with Crippen molar-refractivity contribution in [2.75, 3.05) is 7.11 Å². The van der Waals surface area contributed by atoms with Gasteiger partial charge in [0.25, 0.3) is 5.91 Å². The molecular formula is C15H13ClN2O4. The topological polar surface area (TPSA) is 91.2 Å². The summed E-state index contributed by atoms with van der Waals surface area (Å²) in [4.78, 5) is 11.9. The van der Waals surface area contributed by atoms with Gasteiger partial charge in [-0.1, -0.05) is 11.6 Å². The van der Waals surface area contributed by atoms with Gasteiger partial charge in [0, 0.05) is 16.1 Å². The summed E-state index contributed by atoms with van der Waals surface area (Å²) >= 11 is 5.80. The number of phenolic OH excluding ortho intramolecular Hbond substituents is 2. The third kappa shape index (κ3) is 3.67. The molecule has 0 heterocycles. The van der Waals surface area contributed by atoms with Gasteiger partial charge in [0.05, 0.1) is 13.3 Å². The lowest BCUT2D eigenvalue weighted by Gasteiger charge is -2.05. The van der Waals surface area contributed by atoms with E-state index in [4.69, 9.17) is 16.3 Å². The van der Waals surface area contributed by atoms with Crippen LogP contribution < -0.4 is 10.2 Å². The second-order valence-electron chi connectivity index (χ2n) is 4.29. The molecule has 2 rings (SSSR count). The van der Waals surface area contributed by atoms with Crippen molar-refractivity contribution in [1.29, 1.82) is 0 Å². The Morgan fingerprint density at radius 1 is 1.23 bits per heavy atom. The number of phenols is 2. The van der Waals surface area contributed by atoms with E-state index in [1.54, 1.807) is 0 Å². The van der Waals surface area contributed by atoms with Gasteiger partial charge in [-0.05, 0) is 36.4 Å². The van der Waals surface area contributed by atoms with Crippen LogP contribution in [0.15, 0.2) is 41.5 Å². The van der Waals surface area contributed by atoms with Crippen molar-refractivity contribution < 1.29 is 19.7 Å². The minimum absolute atomic E-state index is 0.00973. The number of nitrogens with one attached hydrogen (secondary N) is 1. The van der Waals surface area contributed by atoms with Gasteiger partial charge in [0.1, 0.15) is 5.75 Å². The van der Waals surface area contributed by atoms with Gasteiger partial charge in [-0.3, -0.25) is 4.79 Å². The fraction of sp³-hybridized carbons (Fsp3) is 0.0667. The Morgan fingerprint density at radius 2 is 2.00 bits per heavy atom. The highest BCUT2D eigenvalue weighted by Gasteiger charge is 2.08. The van der Waals surface area contributed by atoms with Crippen molar-refractivity contribution in [3.8, 4) is 17.2 Å². The molecule has 0 aliphatic heterocycles. The molecule has 7 heteroatoms. The third-order valence-corrected chi connectivity index (χ3v) is 3.04. The fourth-order valence-corrected chi connectivity index (χ4v) is 1.87. The van der Waals surface area contributed by atoms with E-state index in [0.29, 0.717) is 10.6 Å². The highest BCUT2D eigenvalue weighted by molar-refractivity contribution is 6.30. The number of amides is 1. The average molecular weight is 321 g/mol. The maximum atomic E-state index is 11.9. The Labute approximate surface area is 131 Å². The van der Waals surface area contributed by atoms with Crippen molar-refractivity contribution in [1.82, 2.24) is 5.43 Å². The fourth-order valence-electron chi connectivity index (χ4n) is 1.69. The van der Waals surface area contributed by atoms with E-state index < -0.39 is 5.91 Å². The number of carbonyl (C=O) groups is 1. The molecule has 0 bridgehead atoms. The number of hydrazone groups is 1. The molecule has 0 atom stereocenters. The van der Waals surface area contributed by atoms with Gasteiger partial charge in [0.15, 0.2) is 11.5 Å². The summed E-state index contributed by atoms with van der Waals surface area (Å²) in [6.07, 6.45) is 1.27. The first-order chi connectivity index (χ1) is 10.5. The van der Waals surface area contributed by atoms with E-state index in [9.17, 15) is 15.0 Å². The molecule has 114 valence electrons. The van der Waals surface area contributed by atoms with Gasteiger partial charge < -0.3 is 14.9 Å². The molecule has 0 spiro atoms. The molecule has 2 aromatic carbocycles. The molecule has 0 saturated heterocycles. The number of hydrogen-bond acceptors (Lipinski definition) is 5. The first-order valence-corrected chi connectivity index (χ1v) is 6.58. The number of benzene rings is 2. The average Bonchev–Trinajstić information content (AvgIpc) is 2.50. The molecule has 0 aliphatic rings. The van der Waals surface area contributed by atoms with Gasteiger partial charge in [-0.25, -0.2) is 5.43 Å². The van der Waals surface area contributed by atoms with Crippen LogP contribution in [0, 0.1) is 0 Å². The molecule has 6 nitrogen and oxygen atoms in total. The number of hydrogen-bond donors (Lipinski definition) is 3. The Hall–Kier alpha value is -2.73. The van der Waals surface area contributed by atoms with Crippen LogP contribution >= 0.6 is 11.6 Å². The normalized spacial score (nSPS) is 10.6. The summed E-state index contributed by atoms with van der Waals surface area (Å²) in [5.74, 6) is -0.407. The van der Waals surface area contributed by atoms with Gasteiger partial charge >= 0.3 is 0 Å².